The average Bonchev–Trinajstić information content (AvgIpc) is 2.65. The first-order valence-electron chi connectivity index (χ1n) is 9.56. The number of halogens is 2. The number of hydrogen-bond acceptors (Lipinski definition) is 4. The van der Waals surface area contributed by atoms with Crippen LogP contribution in [0.4, 0.5) is 0 Å². The van der Waals surface area contributed by atoms with Gasteiger partial charge in [0.05, 0.1) is 12.0 Å². The van der Waals surface area contributed by atoms with Crippen LogP contribution in [0.15, 0.2) is 0 Å². The number of carbonyl (C=O) groups excluding carboxylic acids is 2. The second-order valence-corrected chi connectivity index (χ2v) is 7.20. The van der Waals surface area contributed by atoms with Crippen LogP contribution in [0.25, 0.3) is 0 Å². The Morgan fingerprint density at radius 3 is 1.85 bits per heavy atom. The first-order valence-corrected chi connectivity index (χ1v) is 9.56. The molecule has 8 heteroatoms. The number of amides is 2. The predicted octanol–water partition coefficient (Wildman–Crippen LogP) is 1.75. The summed E-state index contributed by atoms with van der Waals surface area (Å²) in [6.45, 7) is 9.76. The van der Waals surface area contributed by atoms with Crippen LogP contribution in [-0.2, 0) is 9.59 Å². The molecular weight excluding hydrogens is 375 g/mol. The van der Waals surface area contributed by atoms with E-state index >= 15 is 0 Å². The van der Waals surface area contributed by atoms with Crippen molar-refractivity contribution in [3.05, 3.63) is 0 Å². The van der Waals surface area contributed by atoms with Crippen LogP contribution in [0.1, 0.15) is 46.0 Å². The molecule has 26 heavy (non-hydrogen) atoms. The third-order valence-corrected chi connectivity index (χ3v) is 5.93. The van der Waals surface area contributed by atoms with Crippen molar-refractivity contribution >= 4 is 36.6 Å². The maximum Gasteiger partial charge on any atom is 0.236 e. The molecule has 2 rings (SSSR count). The van der Waals surface area contributed by atoms with E-state index in [4.69, 9.17) is 5.73 Å². The number of hydrogen-bond donors (Lipinski definition) is 1. The predicted molar refractivity (Wildman–Crippen MR) is 110 cm³/mol. The van der Waals surface area contributed by atoms with Gasteiger partial charge in [-0.05, 0) is 32.1 Å². The molecule has 2 aliphatic rings. The van der Waals surface area contributed by atoms with Crippen molar-refractivity contribution in [3.63, 3.8) is 0 Å². The zero-order valence-electron chi connectivity index (χ0n) is 16.2. The lowest BCUT2D eigenvalue weighted by Crippen LogP contribution is -2.56. The molecule has 0 saturated carbocycles. The van der Waals surface area contributed by atoms with Crippen molar-refractivity contribution in [1.82, 2.24) is 14.7 Å². The van der Waals surface area contributed by atoms with E-state index < -0.39 is 5.41 Å². The molecule has 0 aromatic carbocycles. The van der Waals surface area contributed by atoms with Gasteiger partial charge in [-0.2, -0.15) is 0 Å². The highest BCUT2D eigenvalue weighted by Crippen LogP contribution is 2.28. The molecule has 2 amide bonds. The van der Waals surface area contributed by atoms with E-state index in [1.165, 1.54) is 6.42 Å². The summed E-state index contributed by atoms with van der Waals surface area (Å²) in [6, 6.07) is 0. The summed E-state index contributed by atoms with van der Waals surface area (Å²) in [5, 5.41) is 0. The third kappa shape index (κ3) is 5.98. The van der Waals surface area contributed by atoms with Gasteiger partial charge >= 0.3 is 0 Å². The second-order valence-electron chi connectivity index (χ2n) is 7.20. The Morgan fingerprint density at radius 1 is 0.846 bits per heavy atom. The lowest BCUT2D eigenvalue weighted by atomic mass is 9.81. The van der Waals surface area contributed by atoms with Gasteiger partial charge in [0.25, 0.3) is 0 Å². The largest absolute Gasteiger partial charge is 0.342 e. The highest BCUT2D eigenvalue weighted by Gasteiger charge is 2.38. The van der Waals surface area contributed by atoms with Crippen LogP contribution in [0.3, 0.4) is 0 Å². The zero-order valence-corrected chi connectivity index (χ0v) is 17.9. The molecule has 0 unspecified atom stereocenters. The molecule has 0 radical (unpaired) electrons. The molecule has 154 valence electrons. The first-order chi connectivity index (χ1) is 11.6. The van der Waals surface area contributed by atoms with E-state index in [0.717, 1.165) is 51.9 Å². The van der Waals surface area contributed by atoms with E-state index in [1.807, 2.05) is 23.6 Å². The summed E-state index contributed by atoms with van der Waals surface area (Å²) < 4.78 is 0. The van der Waals surface area contributed by atoms with Crippen molar-refractivity contribution in [1.29, 1.82) is 0 Å². The van der Waals surface area contributed by atoms with E-state index in [2.05, 4.69) is 4.90 Å². The monoisotopic (exact) mass is 410 g/mol. The lowest BCUT2D eigenvalue weighted by molar-refractivity contribution is -0.144. The number of piperidine rings is 1. The molecule has 0 atom stereocenters. The molecule has 2 N–H and O–H groups in total. The molecule has 0 aliphatic carbocycles. The van der Waals surface area contributed by atoms with Gasteiger partial charge in [-0.3, -0.25) is 14.5 Å². The van der Waals surface area contributed by atoms with E-state index in [9.17, 15) is 9.59 Å². The Morgan fingerprint density at radius 2 is 1.38 bits per heavy atom. The highest BCUT2D eigenvalue weighted by atomic mass is 35.5. The fraction of sp³-hybridized carbons (Fsp3) is 0.889. The summed E-state index contributed by atoms with van der Waals surface area (Å²) in [5.74, 6) is 0.435. The first kappa shape index (κ1) is 25.4. The number of piperazine rings is 1. The minimum atomic E-state index is -0.411. The Balaban J connectivity index is 0.00000312. The van der Waals surface area contributed by atoms with Crippen LogP contribution in [-0.4, -0.2) is 78.9 Å². The Labute approximate surface area is 170 Å². The normalized spacial score (nSPS) is 18.7. The lowest BCUT2D eigenvalue weighted by Gasteiger charge is -2.40. The summed E-state index contributed by atoms with van der Waals surface area (Å²) in [4.78, 5) is 31.3. The van der Waals surface area contributed by atoms with Gasteiger partial charge in [-0.1, -0.05) is 13.8 Å². The standard InChI is InChI=1S/C18H34N4O2.2ClH/c1-3-18(4-2,15-19)17(24)22-12-10-20(11-13-22)14-16(23)21-8-6-5-7-9-21;;/h3-15,19H2,1-2H3;2*1H. The number of carbonyl (C=O) groups is 2. The molecule has 2 heterocycles. The van der Waals surface area contributed by atoms with Gasteiger partial charge in [0, 0.05) is 45.8 Å². The molecule has 0 spiro atoms. The molecule has 0 aromatic rings. The summed E-state index contributed by atoms with van der Waals surface area (Å²) in [7, 11) is 0. The minimum Gasteiger partial charge on any atom is -0.342 e. The molecular formula is C18H36Cl2N4O2. The molecule has 2 saturated heterocycles. The van der Waals surface area contributed by atoms with Crippen LogP contribution < -0.4 is 5.73 Å². The topological polar surface area (TPSA) is 69.9 Å². The Hall–Kier alpha value is -0.560. The van der Waals surface area contributed by atoms with Crippen molar-refractivity contribution in [3.8, 4) is 0 Å². The number of nitrogens with zero attached hydrogens (tertiary/aromatic N) is 3. The van der Waals surface area contributed by atoms with E-state index in [-0.39, 0.29) is 36.6 Å². The minimum absolute atomic E-state index is 0. The van der Waals surface area contributed by atoms with Crippen LogP contribution in [0, 0.1) is 5.41 Å². The zero-order chi connectivity index (χ0) is 17.6. The SMILES string of the molecule is CCC(CC)(CN)C(=O)N1CCN(CC(=O)N2CCCCC2)CC1.Cl.Cl. The molecule has 0 bridgehead atoms. The van der Waals surface area contributed by atoms with Crippen LogP contribution in [0.2, 0.25) is 0 Å². The van der Waals surface area contributed by atoms with Crippen molar-refractivity contribution in [2.75, 3.05) is 52.4 Å². The molecule has 2 aliphatic heterocycles. The van der Waals surface area contributed by atoms with Gasteiger partial charge in [-0.15, -0.1) is 24.8 Å². The van der Waals surface area contributed by atoms with Gasteiger partial charge in [-0.25, -0.2) is 0 Å². The summed E-state index contributed by atoms with van der Waals surface area (Å²) in [5.41, 5.74) is 5.49. The maximum atomic E-state index is 12.8. The maximum absolute atomic E-state index is 12.8. The Bertz CT molecular complexity index is 425. The van der Waals surface area contributed by atoms with Gasteiger partial charge in [0.1, 0.15) is 0 Å². The highest BCUT2D eigenvalue weighted by molar-refractivity contribution is 5.85. The summed E-state index contributed by atoms with van der Waals surface area (Å²) in [6.07, 6.45) is 5.06. The molecule has 6 nitrogen and oxygen atoms in total. The third-order valence-electron chi connectivity index (χ3n) is 5.93. The van der Waals surface area contributed by atoms with Crippen molar-refractivity contribution in [2.45, 2.75) is 46.0 Å². The van der Waals surface area contributed by atoms with Crippen LogP contribution >= 0.6 is 24.8 Å². The summed E-state index contributed by atoms with van der Waals surface area (Å²) >= 11 is 0. The van der Waals surface area contributed by atoms with Gasteiger partial charge in [0.15, 0.2) is 0 Å². The van der Waals surface area contributed by atoms with E-state index in [1.54, 1.807) is 0 Å². The fourth-order valence-corrected chi connectivity index (χ4v) is 3.81. The Kier molecular flexibility index (Phi) is 11.7. The van der Waals surface area contributed by atoms with Crippen LogP contribution in [0.5, 0.6) is 0 Å². The molecule has 0 aromatic heterocycles. The average molecular weight is 411 g/mol. The number of rotatable bonds is 6. The smallest absolute Gasteiger partial charge is 0.236 e. The van der Waals surface area contributed by atoms with Crippen molar-refractivity contribution in [2.24, 2.45) is 11.1 Å². The number of nitrogens with two attached hydrogens (primary N) is 1. The molecule has 2 fully saturated rings. The second kappa shape index (κ2) is 12.0. The quantitative estimate of drug-likeness (QED) is 0.723. The van der Waals surface area contributed by atoms with Gasteiger partial charge < -0.3 is 15.5 Å². The number of likely N-dealkylation sites (tertiary alicyclic amines) is 1. The fourth-order valence-electron chi connectivity index (χ4n) is 3.81. The van der Waals surface area contributed by atoms with Crippen molar-refractivity contribution < 1.29 is 9.59 Å². The van der Waals surface area contributed by atoms with E-state index in [0.29, 0.717) is 26.2 Å². The van der Waals surface area contributed by atoms with Gasteiger partial charge in [0.2, 0.25) is 11.8 Å².